The van der Waals surface area contributed by atoms with E-state index >= 15 is 0 Å². The second kappa shape index (κ2) is 8.15. The van der Waals surface area contributed by atoms with E-state index in [4.69, 9.17) is 4.74 Å². The van der Waals surface area contributed by atoms with Gasteiger partial charge in [0.05, 0.1) is 18.8 Å². The normalized spacial score (nSPS) is 11.5. The summed E-state index contributed by atoms with van der Waals surface area (Å²) in [6.45, 7) is 3.93. The maximum atomic E-state index is 12.1. The second-order valence-electron chi connectivity index (χ2n) is 5.44. The Morgan fingerprint density at radius 2 is 1.71 bits per heavy atom. The predicted octanol–water partition coefficient (Wildman–Crippen LogP) is 3.07. The zero-order chi connectivity index (χ0) is 17.5. The molecule has 1 unspecified atom stereocenters. The smallest absolute Gasteiger partial charge is 0.313 e. The lowest BCUT2D eigenvalue weighted by molar-refractivity contribution is -0.136. The van der Waals surface area contributed by atoms with Crippen molar-refractivity contribution < 1.29 is 14.3 Å². The van der Waals surface area contributed by atoms with Crippen molar-refractivity contribution in [3.05, 3.63) is 59.7 Å². The average molecular weight is 326 g/mol. The van der Waals surface area contributed by atoms with Crippen molar-refractivity contribution in [2.24, 2.45) is 0 Å². The fourth-order valence-corrected chi connectivity index (χ4v) is 2.31. The number of methoxy groups -OCH3 is 1. The fourth-order valence-electron chi connectivity index (χ4n) is 2.31. The topological polar surface area (TPSA) is 67.4 Å². The van der Waals surface area contributed by atoms with Crippen LogP contribution < -0.4 is 15.4 Å². The molecule has 0 bridgehead atoms. The highest BCUT2D eigenvalue weighted by Gasteiger charge is 2.18. The standard InChI is InChI=1S/C19H22N2O3/c1-4-14-9-11-15(12-10-14)13(2)20-18(22)19(23)21-16-7-5-6-8-17(16)24-3/h5-13H,4H2,1-3H3,(H,20,22)(H,21,23). The number of aryl methyl sites for hydroxylation is 1. The number of rotatable bonds is 5. The summed E-state index contributed by atoms with van der Waals surface area (Å²) in [6.07, 6.45) is 0.961. The number of amides is 2. The summed E-state index contributed by atoms with van der Waals surface area (Å²) >= 11 is 0. The molecule has 5 heteroatoms. The minimum absolute atomic E-state index is 0.258. The molecule has 0 aliphatic rings. The Bertz CT molecular complexity index is 711. The summed E-state index contributed by atoms with van der Waals surface area (Å²) in [4.78, 5) is 24.2. The summed E-state index contributed by atoms with van der Waals surface area (Å²) < 4.78 is 5.15. The first kappa shape index (κ1) is 17.5. The van der Waals surface area contributed by atoms with Crippen molar-refractivity contribution in [1.82, 2.24) is 5.32 Å². The van der Waals surface area contributed by atoms with E-state index < -0.39 is 11.8 Å². The van der Waals surface area contributed by atoms with E-state index in [-0.39, 0.29) is 6.04 Å². The van der Waals surface area contributed by atoms with Gasteiger partial charge in [0.15, 0.2) is 0 Å². The fraction of sp³-hybridized carbons (Fsp3) is 0.263. The Morgan fingerprint density at radius 1 is 1.04 bits per heavy atom. The summed E-state index contributed by atoms with van der Waals surface area (Å²) in [6, 6.07) is 14.6. The first-order valence-electron chi connectivity index (χ1n) is 7.88. The van der Waals surface area contributed by atoms with Crippen LogP contribution in [-0.4, -0.2) is 18.9 Å². The highest BCUT2D eigenvalue weighted by molar-refractivity contribution is 6.39. The molecule has 0 saturated heterocycles. The van der Waals surface area contributed by atoms with Gasteiger partial charge in [-0.25, -0.2) is 0 Å². The number of hydrogen-bond donors (Lipinski definition) is 2. The van der Waals surface area contributed by atoms with Crippen molar-refractivity contribution >= 4 is 17.5 Å². The molecular formula is C19H22N2O3. The van der Waals surface area contributed by atoms with Crippen LogP contribution in [0.25, 0.3) is 0 Å². The molecule has 0 heterocycles. The molecule has 0 saturated carbocycles. The van der Waals surface area contributed by atoms with E-state index in [1.807, 2.05) is 31.2 Å². The van der Waals surface area contributed by atoms with Gasteiger partial charge in [0, 0.05) is 0 Å². The number of ether oxygens (including phenoxy) is 1. The van der Waals surface area contributed by atoms with Crippen molar-refractivity contribution in [2.45, 2.75) is 26.3 Å². The molecule has 0 radical (unpaired) electrons. The third kappa shape index (κ3) is 4.35. The number of anilines is 1. The van der Waals surface area contributed by atoms with Crippen LogP contribution in [0, 0.1) is 0 Å². The minimum atomic E-state index is -0.725. The molecule has 0 aromatic heterocycles. The first-order chi connectivity index (χ1) is 11.5. The number of para-hydroxylation sites is 2. The van der Waals surface area contributed by atoms with Crippen LogP contribution in [0.3, 0.4) is 0 Å². The monoisotopic (exact) mass is 326 g/mol. The van der Waals surface area contributed by atoms with Gasteiger partial charge >= 0.3 is 11.8 Å². The van der Waals surface area contributed by atoms with Gasteiger partial charge in [0.2, 0.25) is 0 Å². The Labute approximate surface area is 142 Å². The zero-order valence-corrected chi connectivity index (χ0v) is 14.1. The van der Waals surface area contributed by atoms with E-state index in [9.17, 15) is 9.59 Å². The van der Waals surface area contributed by atoms with Gasteiger partial charge in [-0.05, 0) is 36.6 Å². The molecule has 5 nitrogen and oxygen atoms in total. The second-order valence-corrected chi connectivity index (χ2v) is 5.44. The molecule has 0 aliphatic heterocycles. The predicted molar refractivity (Wildman–Crippen MR) is 94.0 cm³/mol. The van der Waals surface area contributed by atoms with Crippen molar-refractivity contribution in [2.75, 3.05) is 12.4 Å². The maximum absolute atomic E-state index is 12.1. The highest BCUT2D eigenvalue weighted by Crippen LogP contribution is 2.23. The van der Waals surface area contributed by atoms with Crippen LogP contribution in [0.1, 0.15) is 31.0 Å². The Hall–Kier alpha value is -2.82. The lowest BCUT2D eigenvalue weighted by atomic mass is 10.1. The molecular weight excluding hydrogens is 304 g/mol. The summed E-state index contributed by atoms with van der Waals surface area (Å²) in [5, 5.41) is 5.26. The quantitative estimate of drug-likeness (QED) is 0.830. The Kier molecular flexibility index (Phi) is 5.95. The molecule has 0 spiro atoms. The van der Waals surface area contributed by atoms with E-state index in [1.54, 1.807) is 24.3 Å². The van der Waals surface area contributed by atoms with Crippen molar-refractivity contribution in [1.29, 1.82) is 0 Å². The van der Waals surface area contributed by atoms with Gasteiger partial charge in [-0.1, -0.05) is 43.3 Å². The molecule has 2 amide bonds. The largest absolute Gasteiger partial charge is 0.495 e. The number of nitrogens with one attached hydrogen (secondary N) is 2. The SMILES string of the molecule is CCc1ccc(C(C)NC(=O)C(=O)Nc2ccccc2OC)cc1. The van der Waals surface area contributed by atoms with Gasteiger partial charge in [-0.15, -0.1) is 0 Å². The van der Waals surface area contributed by atoms with Gasteiger partial charge in [-0.2, -0.15) is 0 Å². The van der Waals surface area contributed by atoms with Crippen LogP contribution in [0.5, 0.6) is 5.75 Å². The van der Waals surface area contributed by atoms with E-state index in [1.165, 1.54) is 12.7 Å². The molecule has 24 heavy (non-hydrogen) atoms. The van der Waals surface area contributed by atoms with Crippen LogP contribution >= 0.6 is 0 Å². The molecule has 0 fully saturated rings. The number of benzene rings is 2. The number of carbonyl (C=O) groups is 2. The van der Waals surface area contributed by atoms with Crippen molar-refractivity contribution in [3.8, 4) is 5.75 Å². The molecule has 0 aliphatic carbocycles. The van der Waals surface area contributed by atoms with Crippen molar-refractivity contribution in [3.63, 3.8) is 0 Å². The van der Waals surface area contributed by atoms with Crippen LogP contribution in [0.15, 0.2) is 48.5 Å². The van der Waals surface area contributed by atoms with Crippen LogP contribution in [-0.2, 0) is 16.0 Å². The molecule has 2 aromatic rings. The maximum Gasteiger partial charge on any atom is 0.313 e. The first-order valence-corrected chi connectivity index (χ1v) is 7.88. The lowest BCUT2D eigenvalue weighted by Gasteiger charge is -2.15. The van der Waals surface area contributed by atoms with E-state index in [2.05, 4.69) is 17.6 Å². The molecule has 1 atom stereocenters. The third-order valence-electron chi connectivity index (χ3n) is 3.80. The summed E-state index contributed by atoms with van der Waals surface area (Å²) in [7, 11) is 1.51. The summed E-state index contributed by atoms with van der Waals surface area (Å²) in [5.74, 6) is -0.911. The van der Waals surface area contributed by atoms with Crippen LogP contribution in [0.4, 0.5) is 5.69 Å². The Balaban J connectivity index is 1.98. The number of hydrogen-bond acceptors (Lipinski definition) is 3. The molecule has 2 rings (SSSR count). The van der Waals surface area contributed by atoms with Gasteiger partial charge < -0.3 is 15.4 Å². The highest BCUT2D eigenvalue weighted by atomic mass is 16.5. The van der Waals surface area contributed by atoms with Gasteiger partial charge in [0.1, 0.15) is 5.75 Å². The average Bonchev–Trinajstić information content (AvgIpc) is 2.62. The molecule has 2 N–H and O–H groups in total. The molecule has 2 aromatic carbocycles. The van der Waals surface area contributed by atoms with E-state index in [0.717, 1.165) is 12.0 Å². The lowest BCUT2D eigenvalue weighted by Crippen LogP contribution is -2.37. The summed E-state index contributed by atoms with van der Waals surface area (Å²) in [5.41, 5.74) is 2.64. The minimum Gasteiger partial charge on any atom is -0.495 e. The Morgan fingerprint density at radius 3 is 2.33 bits per heavy atom. The third-order valence-corrected chi connectivity index (χ3v) is 3.80. The van der Waals surface area contributed by atoms with Gasteiger partial charge in [0.25, 0.3) is 0 Å². The zero-order valence-electron chi connectivity index (χ0n) is 14.1. The molecule has 126 valence electrons. The van der Waals surface area contributed by atoms with E-state index in [0.29, 0.717) is 11.4 Å². The number of carbonyl (C=O) groups excluding carboxylic acids is 2. The van der Waals surface area contributed by atoms with Crippen LogP contribution in [0.2, 0.25) is 0 Å². The van der Waals surface area contributed by atoms with Gasteiger partial charge in [-0.3, -0.25) is 9.59 Å².